The molecule has 2 N–H and O–H groups in total. The highest BCUT2D eigenvalue weighted by Gasteiger charge is 2.36. The van der Waals surface area contributed by atoms with Crippen molar-refractivity contribution in [2.45, 2.75) is 12.7 Å². The second-order valence-corrected chi connectivity index (χ2v) is 4.78. The maximum atomic E-state index is 12.5. The van der Waals surface area contributed by atoms with Gasteiger partial charge in [0.15, 0.2) is 22.7 Å². The Kier molecular flexibility index (Phi) is 3.55. The molecule has 0 aliphatic rings. The van der Waals surface area contributed by atoms with E-state index in [1.54, 1.807) is 0 Å². The maximum Gasteiger partial charge on any atom is 0.573 e. The second-order valence-electron chi connectivity index (χ2n) is 4.78. The van der Waals surface area contributed by atoms with Gasteiger partial charge in [-0.15, -0.1) is 26.3 Å². The van der Waals surface area contributed by atoms with Crippen molar-refractivity contribution in [2.75, 3.05) is 0 Å². The zero-order chi connectivity index (χ0) is 18.6. The van der Waals surface area contributed by atoms with Crippen LogP contribution in [0.15, 0.2) is 28.7 Å². The molecule has 0 saturated carbocycles. The molecule has 0 fully saturated rings. The van der Waals surface area contributed by atoms with Crippen LogP contribution < -0.4 is 9.47 Å². The summed E-state index contributed by atoms with van der Waals surface area (Å²) < 4.78 is 87.2. The Morgan fingerprint density at radius 3 is 1.36 bits per heavy atom. The molecule has 0 aliphatic carbocycles. The third-order valence-electron chi connectivity index (χ3n) is 3.11. The van der Waals surface area contributed by atoms with E-state index in [-0.39, 0.29) is 10.8 Å². The number of phenols is 2. The molecular formula is C14H6F6O5. The lowest BCUT2D eigenvalue weighted by molar-refractivity contribution is -0.275. The molecule has 3 rings (SSSR count). The fourth-order valence-electron chi connectivity index (χ4n) is 2.26. The Hall–Kier alpha value is -2.98. The first-order valence-electron chi connectivity index (χ1n) is 6.38. The molecular weight excluding hydrogens is 362 g/mol. The molecule has 3 aromatic rings. The van der Waals surface area contributed by atoms with Gasteiger partial charge in [-0.1, -0.05) is 0 Å². The van der Waals surface area contributed by atoms with Crippen LogP contribution in [0.25, 0.3) is 21.9 Å². The van der Waals surface area contributed by atoms with Gasteiger partial charge in [0.1, 0.15) is 0 Å². The minimum Gasteiger partial charge on any atom is -0.504 e. The number of fused-ring (bicyclic) bond motifs is 3. The van der Waals surface area contributed by atoms with Gasteiger partial charge in [0, 0.05) is 10.8 Å². The van der Waals surface area contributed by atoms with Crippen molar-refractivity contribution in [3.8, 4) is 23.0 Å². The highest BCUT2D eigenvalue weighted by molar-refractivity contribution is 6.09. The van der Waals surface area contributed by atoms with Gasteiger partial charge >= 0.3 is 12.7 Å². The average molecular weight is 368 g/mol. The van der Waals surface area contributed by atoms with Crippen LogP contribution in [-0.2, 0) is 0 Å². The molecule has 0 spiro atoms. The first-order valence-corrected chi connectivity index (χ1v) is 6.38. The predicted octanol–water partition coefficient (Wildman–Crippen LogP) is 4.79. The number of furan rings is 1. The van der Waals surface area contributed by atoms with Gasteiger partial charge in [-0.3, -0.25) is 0 Å². The second kappa shape index (κ2) is 5.26. The molecule has 0 amide bonds. The topological polar surface area (TPSA) is 72.1 Å². The molecule has 25 heavy (non-hydrogen) atoms. The van der Waals surface area contributed by atoms with Crippen molar-refractivity contribution < 1.29 is 50.4 Å². The minimum absolute atomic E-state index is 0.0842. The molecule has 134 valence electrons. The Morgan fingerprint density at radius 2 is 1.04 bits per heavy atom. The van der Waals surface area contributed by atoms with Gasteiger partial charge in [0.25, 0.3) is 0 Å². The number of alkyl halides is 6. The van der Waals surface area contributed by atoms with Gasteiger partial charge in [-0.25, -0.2) is 0 Å². The van der Waals surface area contributed by atoms with Crippen LogP contribution >= 0.6 is 0 Å². The number of halogens is 6. The third kappa shape index (κ3) is 3.16. The molecule has 0 bridgehead atoms. The summed E-state index contributed by atoms with van der Waals surface area (Å²) in [4.78, 5) is 0. The number of phenolic OH excluding ortho intramolecular Hbond substituents is 2. The SMILES string of the molecule is Oc1ccc2c(oc3c(OC(F)(F)F)c(O)ccc32)c1OC(F)(F)F. The number of hydrogen-bond donors (Lipinski definition) is 2. The van der Waals surface area contributed by atoms with Crippen molar-refractivity contribution in [3.63, 3.8) is 0 Å². The largest absolute Gasteiger partial charge is 0.573 e. The molecule has 1 aromatic heterocycles. The van der Waals surface area contributed by atoms with Gasteiger partial charge in [-0.05, 0) is 24.3 Å². The highest BCUT2D eigenvalue weighted by atomic mass is 19.4. The lowest BCUT2D eigenvalue weighted by Gasteiger charge is -2.10. The summed E-state index contributed by atoms with van der Waals surface area (Å²) in [5.41, 5.74) is -1.32. The predicted molar refractivity (Wildman–Crippen MR) is 70.4 cm³/mol. The van der Waals surface area contributed by atoms with Gasteiger partial charge in [0.2, 0.25) is 11.5 Å². The summed E-state index contributed by atoms with van der Waals surface area (Å²) in [6.07, 6.45) is -10.4. The average Bonchev–Trinajstić information content (AvgIpc) is 2.82. The summed E-state index contributed by atoms with van der Waals surface area (Å²) >= 11 is 0. The van der Waals surface area contributed by atoms with Crippen LogP contribution in [0.3, 0.4) is 0 Å². The summed E-state index contributed by atoms with van der Waals surface area (Å²) in [7, 11) is 0. The van der Waals surface area contributed by atoms with Crippen LogP contribution in [0.1, 0.15) is 0 Å². The van der Waals surface area contributed by atoms with Gasteiger partial charge in [-0.2, -0.15) is 0 Å². The molecule has 0 aliphatic heterocycles. The summed E-state index contributed by atoms with van der Waals surface area (Å²) in [5, 5.41) is 19.0. The summed E-state index contributed by atoms with van der Waals surface area (Å²) in [5.74, 6) is -4.13. The number of hydrogen-bond acceptors (Lipinski definition) is 5. The lowest BCUT2D eigenvalue weighted by Crippen LogP contribution is -2.17. The van der Waals surface area contributed by atoms with Crippen molar-refractivity contribution in [2.24, 2.45) is 0 Å². The Balaban J connectivity index is 2.32. The van der Waals surface area contributed by atoms with Crippen LogP contribution in [-0.4, -0.2) is 22.9 Å². The smallest absolute Gasteiger partial charge is 0.504 e. The van der Waals surface area contributed by atoms with E-state index in [2.05, 4.69) is 9.47 Å². The van der Waals surface area contributed by atoms with Gasteiger partial charge in [0.05, 0.1) is 0 Å². The molecule has 2 aromatic carbocycles. The standard InChI is InChI=1S/C14H6F6O5/c15-13(16,17)24-11-7(21)3-1-5-6-2-4-8(22)12(25-14(18,19)20)10(6)23-9(5)11/h1-4,21-22H. The van der Waals surface area contributed by atoms with E-state index in [0.717, 1.165) is 24.3 Å². The van der Waals surface area contributed by atoms with Crippen LogP contribution in [0.2, 0.25) is 0 Å². The van der Waals surface area contributed by atoms with E-state index in [1.807, 2.05) is 0 Å². The Morgan fingerprint density at radius 1 is 0.680 bits per heavy atom. The van der Waals surface area contributed by atoms with Crippen LogP contribution in [0.4, 0.5) is 26.3 Å². The fourth-order valence-corrected chi connectivity index (χ4v) is 2.26. The van der Waals surface area contributed by atoms with Crippen LogP contribution in [0, 0.1) is 0 Å². The first-order chi connectivity index (χ1) is 11.5. The number of benzene rings is 2. The molecule has 1 heterocycles. The molecule has 0 unspecified atom stereocenters. The van der Waals surface area contributed by atoms with E-state index in [0.29, 0.717) is 0 Å². The van der Waals surface area contributed by atoms with E-state index < -0.39 is 46.9 Å². The monoisotopic (exact) mass is 368 g/mol. The fraction of sp³-hybridized carbons (Fsp3) is 0.143. The van der Waals surface area contributed by atoms with Crippen molar-refractivity contribution >= 4 is 21.9 Å². The maximum absolute atomic E-state index is 12.5. The normalized spacial score (nSPS) is 12.7. The summed E-state index contributed by atoms with van der Waals surface area (Å²) in [6.45, 7) is 0. The lowest BCUT2D eigenvalue weighted by atomic mass is 10.1. The molecule has 0 saturated heterocycles. The zero-order valence-corrected chi connectivity index (χ0v) is 11.7. The van der Waals surface area contributed by atoms with Crippen molar-refractivity contribution in [3.05, 3.63) is 24.3 Å². The molecule has 11 heteroatoms. The van der Waals surface area contributed by atoms with Crippen molar-refractivity contribution in [1.29, 1.82) is 0 Å². The Labute approximate surface area is 133 Å². The quantitative estimate of drug-likeness (QED) is 0.636. The molecule has 0 radical (unpaired) electrons. The van der Waals surface area contributed by atoms with E-state index >= 15 is 0 Å². The van der Waals surface area contributed by atoms with E-state index in [1.165, 1.54) is 0 Å². The zero-order valence-electron chi connectivity index (χ0n) is 11.7. The van der Waals surface area contributed by atoms with Crippen molar-refractivity contribution in [1.82, 2.24) is 0 Å². The van der Waals surface area contributed by atoms with Crippen LogP contribution in [0.5, 0.6) is 23.0 Å². The third-order valence-corrected chi connectivity index (χ3v) is 3.11. The summed E-state index contributed by atoms with van der Waals surface area (Å²) in [6, 6.07) is 3.95. The van der Waals surface area contributed by atoms with Gasteiger partial charge < -0.3 is 24.1 Å². The van der Waals surface area contributed by atoms with E-state index in [9.17, 15) is 36.6 Å². The Bertz CT molecular complexity index is 880. The number of aromatic hydroxyl groups is 2. The molecule has 0 atom stereocenters. The van der Waals surface area contributed by atoms with E-state index in [4.69, 9.17) is 4.42 Å². The number of rotatable bonds is 2. The highest BCUT2D eigenvalue weighted by Crippen LogP contribution is 2.47. The first kappa shape index (κ1) is 16.9. The molecule has 5 nitrogen and oxygen atoms in total. The number of ether oxygens (including phenoxy) is 2. The minimum atomic E-state index is -5.18.